The van der Waals surface area contributed by atoms with Crippen molar-refractivity contribution in [3.8, 4) is 0 Å². The smallest absolute Gasteiger partial charge is 0.410 e. The van der Waals surface area contributed by atoms with Gasteiger partial charge in [-0.05, 0) is 27.7 Å². The predicted molar refractivity (Wildman–Crippen MR) is 63.6 cm³/mol. The van der Waals surface area contributed by atoms with Crippen molar-refractivity contribution in [1.29, 1.82) is 0 Å². The molecule has 3 N–H and O–H groups in total. The molecule has 6 heteroatoms. The number of carbonyl (C=O) groups is 2. The first-order valence-corrected chi connectivity index (χ1v) is 5.48. The minimum atomic E-state index is -1.02. The molecule has 0 aromatic carbocycles. The van der Waals surface area contributed by atoms with E-state index in [1.165, 1.54) is 11.9 Å². The summed E-state index contributed by atoms with van der Waals surface area (Å²) in [5.74, 6) is -1.82. The summed E-state index contributed by atoms with van der Waals surface area (Å²) in [6.45, 7) is 6.86. The quantitative estimate of drug-likeness (QED) is 0.768. The van der Waals surface area contributed by atoms with Crippen LogP contribution in [0.1, 0.15) is 27.7 Å². The van der Waals surface area contributed by atoms with Gasteiger partial charge in [0.05, 0.1) is 5.92 Å². The molecule has 2 unspecified atom stereocenters. The Morgan fingerprint density at radius 2 is 1.88 bits per heavy atom. The standard InChI is InChI=1S/C11H22N2O4/c1-7(8(6-12)9(14)15)13(5)10(16)17-11(2,3)4/h7-8H,6,12H2,1-5H3,(H,14,15). The summed E-state index contributed by atoms with van der Waals surface area (Å²) in [4.78, 5) is 23.9. The number of carbonyl (C=O) groups excluding carboxylic acids is 1. The maximum absolute atomic E-state index is 11.7. The van der Waals surface area contributed by atoms with Crippen LogP contribution >= 0.6 is 0 Å². The van der Waals surface area contributed by atoms with Crippen LogP contribution in [-0.4, -0.2) is 47.3 Å². The zero-order chi connectivity index (χ0) is 13.8. The highest BCUT2D eigenvalue weighted by molar-refractivity contribution is 5.73. The molecule has 0 aliphatic heterocycles. The van der Waals surface area contributed by atoms with Gasteiger partial charge in [-0.2, -0.15) is 0 Å². The highest BCUT2D eigenvalue weighted by Crippen LogP contribution is 2.14. The zero-order valence-electron chi connectivity index (χ0n) is 11.1. The van der Waals surface area contributed by atoms with E-state index < -0.39 is 29.6 Å². The normalized spacial score (nSPS) is 14.9. The SMILES string of the molecule is CC(C(CN)C(=O)O)N(C)C(=O)OC(C)(C)C. The predicted octanol–water partition coefficient (Wildman–Crippen LogP) is 0.901. The fourth-order valence-electron chi connectivity index (χ4n) is 1.27. The molecule has 0 aliphatic carbocycles. The van der Waals surface area contributed by atoms with Gasteiger partial charge >= 0.3 is 12.1 Å². The first-order chi connectivity index (χ1) is 7.60. The zero-order valence-corrected chi connectivity index (χ0v) is 11.1. The van der Waals surface area contributed by atoms with Crippen LogP contribution in [0.5, 0.6) is 0 Å². The second-order valence-corrected chi connectivity index (χ2v) is 5.01. The third-order valence-electron chi connectivity index (χ3n) is 2.45. The molecule has 1 amide bonds. The van der Waals surface area contributed by atoms with E-state index in [-0.39, 0.29) is 6.54 Å². The molecule has 0 aromatic heterocycles. The number of hydrogen-bond donors (Lipinski definition) is 2. The van der Waals surface area contributed by atoms with Crippen molar-refractivity contribution < 1.29 is 19.4 Å². The molecule has 0 saturated carbocycles. The Labute approximate surface area is 102 Å². The summed E-state index contributed by atoms with van der Waals surface area (Å²) in [6, 6.07) is -0.521. The number of carboxylic acids is 1. The van der Waals surface area contributed by atoms with Crippen LogP contribution in [0.25, 0.3) is 0 Å². The number of carboxylic acid groups (broad SMARTS) is 1. The van der Waals surface area contributed by atoms with Gasteiger partial charge in [-0.3, -0.25) is 4.79 Å². The summed E-state index contributed by atoms with van der Waals surface area (Å²) >= 11 is 0. The van der Waals surface area contributed by atoms with Crippen molar-refractivity contribution >= 4 is 12.1 Å². The molecule has 0 fully saturated rings. The van der Waals surface area contributed by atoms with Crippen LogP contribution in [0.2, 0.25) is 0 Å². The fraction of sp³-hybridized carbons (Fsp3) is 0.818. The van der Waals surface area contributed by atoms with Crippen LogP contribution in [0.4, 0.5) is 4.79 Å². The second kappa shape index (κ2) is 5.86. The van der Waals surface area contributed by atoms with Crippen LogP contribution in [0, 0.1) is 5.92 Å². The number of ether oxygens (including phenoxy) is 1. The third-order valence-corrected chi connectivity index (χ3v) is 2.45. The minimum Gasteiger partial charge on any atom is -0.481 e. The Hall–Kier alpha value is -1.30. The van der Waals surface area contributed by atoms with E-state index in [4.69, 9.17) is 15.6 Å². The van der Waals surface area contributed by atoms with E-state index in [2.05, 4.69) is 0 Å². The Balaban J connectivity index is 4.63. The van der Waals surface area contributed by atoms with E-state index in [1.807, 2.05) is 0 Å². The van der Waals surface area contributed by atoms with Gasteiger partial charge in [0.25, 0.3) is 0 Å². The van der Waals surface area contributed by atoms with Gasteiger partial charge in [0.1, 0.15) is 5.60 Å². The van der Waals surface area contributed by atoms with Crippen LogP contribution < -0.4 is 5.73 Å². The molecule has 0 spiro atoms. The molecule has 0 rings (SSSR count). The van der Waals surface area contributed by atoms with Crippen molar-refractivity contribution in [2.75, 3.05) is 13.6 Å². The first-order valence-electron chi connectivity index (χ1n) is 5.48. The van der Waals surface area contributed by atoms with Crippen molar-refractivity contribution in [3.63, 3.8) is 0 Å². The highest BCUT2D eigenvalue weighted by atomic mass is 16.6. The molecule has 0 radical (unpaired) electrons. The molecule has 0 heterocycles. The van der Waals surface area contributed by atoms with E-state index in [9.17, 15) is 9.59 Å². The number of aliphatic carboxylic acids is 1. The van der Waals surface area contributed by atoms with Gasteiger partial charge in [-0.25, -0.2) is 4.79 Å². The van der Waals surface area contributed by atoms with E-state index in [1.54, 1.807) is 27.7 Å². The van der Waals surface area contributed by atoms with Crippen molar-refractivity contribution in [2.24, 2.45) is 11.7 Å². The van der Waals surface area contributed by atoms with E-state index in [0.717, 1.165) is 0 Å². The lowest BCUT2D eigenvalue weighted by molar-refractivity contribution is -0.143. The molecular weight excluding hydrogens is 224 g/mol. The maximum Gasteiger partial charge on any atom is 0.410 e. The summed E-state index contributed by atoms with van der Waals surface area (Å²) in [6.07, 6.45) is -0.551. The van der Waals surface area contributed by atoms with Crippen molar-refractivity contribution in [1.82, 2.24) is 4.90 Å². The lowest BCUT2D eigenvalue weighted by Gasteiger charge is -2.31. The van der Waals surface area contributed by atoms with E-state index in [0.29, 0.717) is 0 Å². The third kappa shape index (κ3) is 5.04. The average Bonchev–Trinajstić information content (AvgIpc) is 2.14. The minimum absolute atomic E-state index is 0.0242. The monoisotopic (exact) mass is 246 g/mol. The molecular formula is C11H22N2O4. The van der Waals surface area contributed by atoms with Crippen LogP contribution in [0.15, 0.2) is 0 Å². The second-order valence-electron chi connectivity index (χ2n) is 5.01. The molecule has 2 atom stereocenters. The summed E-state index contributed by atoms with van der Waals surface area (Å²) in [7, 11) is 1.50. The lowest BCUT2D eigenvalue weighted by Crippen LogP contribution is -2.47. The molecule has 0 aliphatic rings. The largest absolute Gasteiger partial charge is 0.481 e. The summed E-state index contributed by atoms with van der Waals surface area (Å²) in [5, 5.41) is 8.95. The van der Waals surface area contributed by atoms with Crippen LogP contribution in [-0.2, 0) is 9.53 Å². The molecule has 0 saturated heterocycles. The maximum atomic E-state index is 11.7. The Kier molecular flexibility index (Phi) is 5.41. The Morgan fingerprint density at radius 1 is 1.41 bits per heavy atom. The van der Waals surface area contributed by atoms with Gasteiger partial charge in [-0.15, -0.1) is 0 Å². The van der Waals surface area contributed by atoms with E-state index >= 15 is 0 Å². The molecule has 0 bridgehead atoms. The number of nitrogens with zero attached hydrogens (tertiary/aromatic N) is 1. The number of amides is 1. The van der Waals surface area contributed by atoms with Gasteiger partial charge < -0.3 is 20.5 Å². The molecule has 100 valence electrons. The van der Waals surface area contributed by atoms with Crippen molar-refractivity contribution in [3.05, 3.63) is 0 Å². The number of nitrogens with two attached hydrogens (primary N) is 1. The average molecular weight is 246 g/mol. The van der Waals surface area contributed by atoms with Gasteiger partial charge in [0.2, 0.25) is 0 Å². The van der Waals surface area contributed by atoms with Gasteiger partial charge in [0.15, 0.2) is 0 Å². The fourth-order valence-corrected chi connectivity index (χ4v) is 1.27. The van der Waals surface area contributed by atoms with Crippen molar-refractivity contribution in [2.45, 2.75) is 39.3 Å². The molecule has 0 aromatic rings. The van der Waals surface area contributed by atoms with Gasteiger partial charge in [0, 0.05) is 19.6 Å². The Bertz CT molecular complexity index is 286. The Morgan fingerprint density at radius 3 is 2.18 bits per heavy atom. The topological polar surface area (TPSA) is 92.9 Å². The van der Waals surface area contributed by atoms with Crippen LogP contribution in [0.3, 0.4) is 0 Å². The summed E-state index contributed by atoms with van der Waals surface area (Å²) < 4.78 is 5.15. The lowest BCUT2D eigenvalue weighted by atomic mass is 10.0. The van der Waals surface area contributed by atoms with Gasteiger partial charge in [-0.1, -0.05) is 0 Å². The number of hydrogen-bond acceptors (Lipinski definition) is 4. The molecule has 17 heavy (non-hydrogen) atoms. The highest BCUT2D eigenvalue weighted by Gasteiger charge is 2.31. The number of rotatable bonds is 4. The first kappa shape index (κ1) is 15.7. The summed E-state index contributed by atoms with van der Waals surface area (Å²) in [5.41, 5.74) is 4.78. The molecule has 6 nitrogen and oxygen atoms in total.